The highest BCUT2D eigenvalue weighted by Gasteiger charge is 2.40. The molecule has 1 heterocycles. The van der Waals surface area contributed by atoms with Crippen molar-refractivity contribution in [1.29, 1.82) is 0 Å². The van der Waals surface area contributed by atoms with Crippen molar-refractivity contribution in [2.24, 2.45) is 17.2 Å². The second-order valence-electron chi connectivity index (χ2n) is 8.21. The number of rotatable bonds is 14. The second-order valence-corrected chi connectivity index (χ2v) is 8.21. The van der Waals surface area contributed by atoms with Crippen LogP contribution in [-0.4, -0.2) is 88.1 Å². The van der Waals surface area contributed by atoms with E-state index in [1.165, 1.54) is 6.92 Å². The Morgan fingerprint density at radius 3 is 2.30 bits per heavy atom. The van der Waals surface area contributed by atoms with Crippen molar-refractivity contribution >= 4 is 29.6 Å². The summed E-state index contributed by atoms with van der Waals surface area (Å²) >= 11 is 0. The number of hydrogen-bond donors (Lipinski definition) is 7. The SMILES string of the molecule is CC(O)C(NC(=O)C(CCC(N)=O)NC(=O)C(N)CCCCN)C(=O)N1CCCC1C(=O)O. The Labute approximate surface area is 192 Å². The van der Waals surface area contributed by atoms with E-state index in [2.05, 4.69) is 10.6 Å². The minimum absolute atomic E-state index is 0.148. The fourth-order valence-electron chi connectivity index (χ4n) is 3.58. The Balaban J connectivity index is 2.92. The molecule has 0 radical (unpaired) electrons. The minimum atomic E-state index is -1.44. The van der Waals surface area contributed by atoms with E-state index in [4.69, 9.17) is 17.2 Å². The average Bonchev–Trinajstić information content (AvgIpc) is 3.24. The first-order chi connectivity index (χ1) is 15.5. The Morgan fingerprint density at radius 1 is 1.09 bits per heavy atom. The van der Waals surface area contributed by atoms with Gasteiger partial charge in [0.15, 0.2) is 0 Å². The molecule has 10 N–H and O–H groups in total. The molecule has 13 heteroatoms. The number of nitrogens with zero attached hydrogens (tertiary/aromatic N) is 1. The third-order valence-electron chi connectivity index (χ3n) is 5.49. The summed E-state index contributed by atoms with van der Waals surface area (Å²) in [4.78, 5) is 61.9. The maximum Gasteiger partial charge on any atom is 0.326 e. The number of carbonyl (C=O) groups is 5. The van der Waals surface area contributed by atoms with Gasteiger partial charge in [0.05, 0.1) is 12.1 Å². The normalized spacial score (nSPS) is 19.3. The Bertz CT molecular complexity index is 717. The number of carboxylic acid groups (broad SMARTS) is 1. The number of carboxylic acids is 1. The lowest BCUT2D eigenvalue weighted by Gasteiger charge is -2.30. The van der Waals surface area contributed by atoms with Gasteiger partial charge in [-0.1, -0.05) is 6.42 Å². The number of aliphatic hydroxyl groups is 1. The van der Waals surface area contributed by atoms with Gasteiger partial charge in [-0.25, -0.2) is 4.79 Å². The Kier molecular flexibility index (Phi) is 11.7. The number of hydrogen-bond acceptors (Lipinski definition) is 8. The maximum absolute atomic E-state index is 12.9. The van der Waals surface area contributed by atoms with Crippen LogP contribution < -0.4 is 27.8 Å². The molecule has 0 aromatic rings. The highest BCUT2D eigenvalue weighted by molar-refractivity contribution is 5.94. The first-order valence-electron chi connectivity index (χ1n) is 11.1. The van der Waals surface area contributed by atoms with Gasteiger partial charge in [-0.2, -0.15) is 0 Å². The monoisotopic (exact) mass is 472 g/mol. The van der Waals surface area contributed by atoms with Crippen molar-refractivity contribution < 1.29 is 34.2 Å². The lowest BCUT2D eigenvalue weighted by Crippen LogP contribution is -2.60. The highest BCUT2D eigenvalue weighted by atomic mass is 16.4. The zero-order chi connectivity index (χ0) is 25.1. The molecule has 0 bridgehead atoms. The molecule has 1 fully saturated rings. The van der Waals surface area contributed by atoms with Crippen LogP contribution in [0.25, 0.3) is 0 Å². The molecule has 4 amide bonds. The molecule has 5 unspecified atom stereocenters. The van der Waals surface area contributed by atoms with E-state index in [9.17, 15) is 34.2 Å². The van der Waals surface area contributed by atoms with Gasteiger partial charge < -0.3 is 42.9 Å². The topological polar surface area (TPSA) is 231 Å². The molecular formula is C20H36N6O7. The molecule has 1 rings (SSSR count). The van der Waals surface area contributed by atoms with E-state index in [1.807, 2.05) is 0 Å². The predicted molar refractivity (Wildman–Crippen MR) is 117 cm³/mol. The fourth-order valence-corrected chi connectivity index (χ4v) is 3.58. The third-order valence-corrected chi connectivity index (χ3v) is 5.49. The number of aliphatic hydroxyl groups excluding tert-OH is 1. The van der Waals surface area contributed by atoms with E-state index in [0.717, 1.165) is 4.90 Å². The number of nitrogens with two attached hydrogens (primary N) is 3. The summed E-state index contributed by atoms with van der Waals surface area (Å²) in [5, 5.41) is 24.3. The van der Waals surface area contributed by atoms with Gasteiger partial charge in [0.1, 0.15) is 18.1 Å². The Hall–Kier alpha value is -2.77. The molecule has 1 aliphatic rings. The summed E-state index contributed by atoms with van der Waals surface area (Å²) in [5.74, 6) is -4.07. The average molecular weight is 473 g/mol. The van der Waals surface area contributed by atoms with Crippen LogP contribution in [0.5, 0.6) is 0 Å². The molecule has 1 saturated heterocycles. The van der Waals surface area contributed by atoms with Crippen molar-refractivity contribution in [3.8, 4) is 0 Å². The number of unbranched alkanes of at least 4 members (excludes halogenated alkanes) is 1. The molecule has 13 nitrogen and oxygen atoms in total. The highest BCUT2D eigenvalue weighted by Crippen LogP contribution is 2.19. The van der Waals surface area contributed by atoms with E-state index in [1.54, 1.807) is 0 Å². The smallest absolute Gasteiger partial charge is 0.326 e. The first-order valence-corrected chi connectivity index (χ1v) is 11.1. The molecule has 33 heavy (non-hydrogen) atoms. The number of primary amides is 1. The fraction of sp³-hybridized carbons (Fsp3) is 0.750. The van der Waals surface area contributed by atoms with Gasteiger partial charge in [-0.3, -0.25) is 19.2 Å². The van der Waals surface area contributed by atoms with E-state index >= 15 is 0 Å². The third kappa shape index (κ3) is 8.94. The van der Waals surface area contributed by atoms with Crippen molar-refractivity contribution in [2.75, 3.05) is 13.1 Å². The van der Waals surface area contributed by atoms with Crippen LogP contribution in [0.15, 0.2) is 0 Å². The van der Waals surface area contributed by atoms with Crippen LogP contribution >= 0.6 is 0 Å². The zero-order valence-electron chi connectivity index (χ0n) is 18.9. The first kappa shape index (κ1) is 28.3. The number of likely N-dealkylation sites (tertiary alicyclic amines) is 1. The summed E-state index contributed by atoms with van der Waals surface area (Å²) in [6.07, 6.45) is 0.659. The number of aliphatic carboxylic acids is 1. The van der Waals surface area contributed by atoms with Crippen LogP contribution in [0.4, 0.5) is 0 Å². The summed E-state index contributed by atoms with van der Waals surface area (Å²) in [5.41, 5.74) is 16.4. The lowest BCUT2D eigenvalue weighted by molar-refractivity contribution is -0.150. The van der Waals surface area contributed by atoms with Crippen molar-refractivity contribution in [3.63, 3.8) is 0 Å². The summed E-state index contributed by atoms with van der Waals surface area (Å²) in [6.45, 7) is 1.90. The predicted octanol–water partition coefficient (Wildman–Crippen LogP) is -2.87. The summed E-state index contributed by atoms with van der Waals surface area (Å²) in [7, 11) is 0. The van der Waals surface area contributed by atoms with Crippen molar-refractivity contribution in [1.82, 2.24) is 15.5 Å². The lowest BCUT2D eigenvalue weighted by atomic mass is 10.1. The Morgan fingerprint density at radius 2 is 1.76 bits per heavy atom. The molecule has 0 aliphatic carbocycles. The molecule has 0 saturated carbocycles. The molecular weight excluding hydrogens is 436 g/mol. The van der Waals surface area contributed by atoms with Gasteiger partial charge in [-0.05, 0) is 45.6 Å². The van der Waals surface area contributed by atoms with Crippen LogP contribution in [0.1, 0.15) is 51.9 Å². The van der Waals surface area contributed by atoms with Gasteiger partial charge in [0, 0.05) is 13.0 Å². The van der Waals surface area contributed by atoms with Crippen LogP contribution in [0.3, 0.4) is 0 Å². The van der Waals surface area contributed by atoms with E-state index in [-0.39, 0.29) is 25.8 Å². The quantitative estimate of drug-likeness (QED) is 0.129. The van der Waals surface area contributed by atoms with Gasteiger partial charge in [-0.15, -0.1) is 0 Å². The summed E-state index contributed by atoms with van der Waals surface area (Å²) < 4.78 is 0. The molecule has 0 spiro atoms. The number of carbonyl (C=O) groups excluding carboxylic acids is 4. The number of nitrogens with one attached hydrogen (secondary N) is 2. The summed E-state index contributed by atoms with van der Waals surface area (Å²) in [6, 6.07) is -4.64. The number of amides is 4. The van der Waals surface area contributed by atoms with Crippen LogP contribution in [-0.2, 0) is 24.0 Å². The minimum Gasteiger partial charge on any atom is -0.480 e. The van der Waals surface area contributed by atoms with Crippen LogP contribution in [0, 0.1) is 0 Å². The molecule has 5 atom stereocenters. The maximum atomic E-state index is 12.9. The van der Waals surface area contributed by atoms with Gasteiger partial charge >= 0.3 is 5.97 Å². The van der Waals surface area contributed by atoms with E-state index < -0.39 is 59.9 Å². The van der Waals surface area contributed by atoms with Crippen LogP contribution in [0.2, 0.25) is 0 Å². The molecule has 1 aliphatic heterocycles. The van der Waals surface area contributed by atoms with Crippen molar-refractivity contribution in [2.45, 2.75) is 82.1 Å². The van der Waals surface area contributed by atoms with Gasteiger partial charge in [0.25, 0.3) is 0 Å². The van der Waals surface area contributed by atoms with Gasteiger partial charge in [0.2, 0.25) is 23.6 Å². The zero-order valence-corrected chi connectivity index (χ0v) is 18.9. The molecule has 0 aromatic carbocycles. The van der Waals surface area contributed by atoms with Crippen molar-refractivity contribution in [3.05, 3.63) is 0 Å². The standard InChI is InChI=1S/C20H36N6O7/c1-11(27)16(19(31)26-10-4-6-14(26)20(32)33)25-18(30)13(7-8-15(23)28)24-17(29)12(22)5-2-3-9-21/h11-14,16,27H,2-10,21-22H2,1H3,(H2,23,28)(H,24,29)(H,25,30)(H,32,33). The molecule has 0 aromatic heterocycles. The largest absolute Gasteiger partial charge is 0.480 e. The second kappa shape index (κ2) is 13.7. The van der Waals surface area contributed by atoms with E-state index in [0.29, 0.717) is 32.2 Å². The molecule has 188 valence electrons.